The number of ether oxygens (including phenoxy) is 1. The second-order valence-corrected chi connectivity index (χ2v) is 9.50. The number of aromatic nitrogens is 1. The molecule has 3 aromatic rings. The molecular formula is C27H27F2N3O3S. The van der Waals surface area contributed by atoms with Crippen molar-refractivity contribution in [2.24, 2.45) is 5.92 Å². The van der Waals surface area contributed by atoms with E-state index in [4.69, 9.17) is 4.74 Å². The molecule has 1 heterocycles. The lowest BCUT2D eigenvalue weighted by molar-refractivity contribution is -0.126. The lowest BCUT2D eigenvalue weighted by atomic mass is 9.85. The van der Waals surface area contributed by atoms with Crippen LogP contribution < -0.4 is 15.4 Å². The number of nitrogens with zero attached hydrogens (tertiary/aromatic N) is 1. The van der Waals surface area contributed by atoms with Gasteiger partial charge in [-0.15, -0.1) is 11.8 Å². The maximum Gasteiger partial charge on any atom is 0.257 e. The van der Waals surface area contributed by atoms with Crippen LogP contribution in [0.2, 0.25) is 0 Å². The fourth-order valence-electron chi connectivity index (χ4n) is 4.18. The fourth-order valence-corrected chi connectivity index (χ4v) is 4.63. The Morgan fingerprint density at radius 1 is 1.06 bits per heavy atom. The Hall–Kier alpha value is -3.46. The lowest BCUT2D eigenvalue weighted by Gasteiger charge is -2.28. The van der Waals surface area contributed by atoms with Crippen LogP contribution >= 0.6 is 11.8 Å². The van der Waals surface area contributed by atoms with Crippen molar-refractivity contribution >= 4 is 23.6 Å². The van der Waals surface area contributed by atoms with E-state index in [9.17, 15) is 18.4 Å². The van der Waals surface area contributed by atoms with E-state index in [0.717, 1.165) is 17.2 Å². The zero-order valence-corrected chi connectivity index (χ0v) is 20.6. The topological polar surface area (TPSA) is 80.3 Å². The van der Waals surface area contributed by atoms with Gasteiger partial charge in [0.05, 0.1) is 6.20 Å². The van der Waals surface area contributed by atoms with Crippen molar-refractivity contribution in [3.8, 4) is 11.6 Å². The maximum absolute atomic E-state index is 13.9. The number of pyridine rings is 1. The molecular weight excluding hydrogens is 484 g/mol. The van der Waals surface area contributed by atoms with E-state index >= 15 is 0 Å². The largest absolute Gasteiger partial charge is 0.438 e. The van der Waals surface area contributed by atoms with Gasteiger partial charge in [0.1, 0.15) is 22.9 Å². The van der Waals surface area contributed by atoms with Gasteiger partial charge in [-0.2, -0.15) is 0 Å². The molecule has 0 unspecified atom stereocenters. The number of rotatable bonds is 8. The third kappa shape index (κ3) is 6.60. The average Bonchev–Trinajstić information content (AvgIpc) is 2.89. The van der Waals surface area contributed by atoms with E-state index < -0.39 is 11.7 Å². The first-order valence-corrected chi connectivity index (χ1v) is 12.9. The quantitative estimate of drug-likeness (QED) is 0.392. The highest BCUT2D eigenvalue weighted by molar-refractivity contribution is 7.98. The number of carbonyl (C=O) groups excluding carboxylic acids is 2. The molecule has 36 heavy (non-hydrogen) atoms. The smallest absolute Gasteiger partial charge is 0.257 e. The minimum Gasteiger partial charge on any atom is -0.438 e. The Morgan fingerprint density at radius 3 is 2.58 bits per heavy atom. The normalized spacial score (nSPS) is 17.3. The third-order valence-corrected chi connectivity index (χ3v) is 6.89. The zero-order valence-electron chi connectivity index (χ0n) is 19.8. The second-order valence-electron chi connectivity index (χ2n) is 8.62. The number of hydrogen-bond acceptors (Lipinski definition) is 5. The highest BCUT2D eigenvalue weighted by Gasteiger charge is 2.28. The van der Waals surface area contributed by atoms with E-state index in [2.05, 4.69) is 15.6 Å². The summed E-state index contributed by atoms with van der Waals surface area (Å²) < 4.78 is 33.5. The minimum atomic E-state index is -0.638. The Bertz CT molecular complexity index is 1230. The first-order valence-electron chi connectivity index (χ1n) is 11.7. The molecule has 6 nitrogen and oxygen atoms in total. The van der Waals surface area contributed by atoms with E-state index in [0.29, 0.717) is 37.0 Å². The zero-order chi connectivity index (χ0) is 25.5. The van der Waals surface area contributed by atoms with Crippen LogP contribution in [0.15, 0.2) is 65.7 Å². The van der Waals surface area contributed by atoms with Gasteiger partial charge in [-0.3, -0.25) is 9.59 Å². The van der Waals surface area contributed by atoms with E-state index in [1.807, 2.05) is 24.5 Å². The fraction of sp³-hybridized carbons (Fsp3) is 0.296. The van der Waals surface area contributed by atoms with Crippen molar-refractivity contribution in [3.05, 3.63) is 83.6 Å². The summed E-state index contributed by atoms with van der Waals surface area (Å²) in [7, 11) is 0. The van der Waals surface area contributed by atoms with Gasteiger partial charge in [-0.25, -0.2) is 13.8 Å². The molecule has 1 aromatic heterocycles. The number of amides is 2. The summed E-state index contributed by atoms with van der Waals surface area (Å²) >= 11 is 1.55. The maximum atomic E-state index is 13.9. The molecule has 0 saturated heterocycles. The number of thioether (sulfide) groups is 1. The van der Waals surface area contributed by atoms with Crippen molar-refractivity contribution in [1.82, 2.24) is 15.6 Å². The molecule has 9 heteroatoms. The van der Waals surface area contributed by atoms with Crippen molar-refractivity contribution < 1.29 is 23.1 Å². The van der Waals surface area contributed by atoms with Crippen LogP contribution in [0.1, 0.15) is 41.6 Å². The summed E-state index contributed by atoms with van der Waals surface area (Å²) in [6, 6.07) is 14.6. The van der Waals surface area contributed by atoms with Crippen LogP contribution in [0.4, 0.5) is 8.78 Å². The van der Waals surface area contributed by atoms with Gasteiger partial charge in [0.25, 0.3) is 5.91 Å². The Morgan fingerprint density at radius 2 is 1.83 bits per heavy atom. The first-order chi connectivity index (χ1) is 17.4. The van der Waals surface area contributed by atoms with Gasteiger partial charge in [-0.1, -0.05) is 24.3 Å². The SMILES string of the molecule is CSc1cccc(Oc2ncc(F)cc2C(=O)N[C@H]2CC[C@@H](C(=O)NCc3ccccc3F)CC2)c1. The number of benzene rings is 2. The summed E-state index contributed by atoms with van der Waals surface area (Å²) in [5, 5.41) is 5.73. The van der Waals surface area contributed by atoms with Gasteiger partial charge in [0, 0.05) is 29.0 Å². The highest BCUT2D eigenvalue weighted by Crippen LogP contribution is 2.29. The molecule has 188 valence electrons. The molecule has 0 aliphatic heterocycles. The molecule has 0 spiro atoms. The third-order valence-electron chi connectivity index (χ3n) is 6.16. The van der Waals surface area contributed by atoms with Gasteiger partial charge >= 0.3 is 0 Å². The number of carbonyl (C=O) groups is 2. The van der Waals surface area contributed by atoms with E-state index in [-0.39, 0.29) is 41.7 Å². The molecule has 1 saturated carbocycles. The molecule has 2 amide bonds. The van der Waals surface area contributed by atoms with Crippen LogP contribution in [0.5, 0.6) is 11.6 Å². The van der Waals surface area contributed by atoms with E-state index in [1.165, 1.54) is 6.07 Å². The standard InChI is InChI=1S/C27H27F2N3O3S/c1-36-22-7-4-6-21(14-22)35-27-23(13-19(28)16-31-27)26(34)32-20-11-9-17(10-12-20)25(33)30-15-18-5-2-3-8-24(18)29/h2-8,13-14,16-17,20H,9-12,15H2,1H3,(H,30,33)(H,32,34)/t17-,20+. The van der Waals surface area contributed by atoms with Gasteiger partial charge in [0.2, 0.25) is 11.8 Å². The summed E-state index contributed by atoms with van der Waals surface area (Å²) in [6.45, 7) is 0.136. The number of halogens is 2. The summed E-state index contributed by atoms with van der Waals surface area (Å²) in [6.07, 6.45) is 5.31. The average molecular weight is 512 g/mol. The predicted molar refractivity (Wildman–Crippen MR) is 134 cm³/mol. The molecule has 0 bridgehead atoms. The van der Waals surface area contributed by atoms with Crippen LogP contribution in [-0.2, 0) is 11.3 Å². The number of nitrogens with one attached hydrogen (secondary N) is 2. The molecule has 2 aromatic carbocycles. The molecule has 1 aliphatic carbocycles. The van der Waals surface area contributed by atoms with Crippen molar-refractivity contribution in [3.63, 3.8) is 0 Å². The monoisotopic (exact) mass is 511 g/mol. The van der Waals surface area contributed by atoms with Gasteiger partial charge in [-0.05, 0) is 62.3 Å². The Balaban J connectivity index is 1.33. The van der Waals surface area contributed by atoms with E-state index in [1.54, 1.807) is 36.0 Å². The summed E-state index contributed by atoms with van der Waals surface area (Å²) in [5.41, 5.74) is 0.447. The predicted octanol–water partition coefficient (Wildman–Crippen LogP) is 5.48. The Labute approximate surface area is 212 Å². The van der Waals surface area contributed by atoms with Crippen molar-refractivity contribution in [2.75, 3.05) is 6.26 Å². The van der Waals surface area contributed by atoms with Gasteiger partial charge in [0.15, 0.2) is 0 Å². The highest BCUT2D eigenvalue weighted by atomic mass is 32.2. The minimum absolute atomic E-state index is 0.00862. The van der Waals surface area contributed by atoms with Crippen molar-refractivity contribution in [2.45, 2.75) is 43.2 Å². The number of hydrogen-bond donors (Lipinski definition) is 2. The van der Waals surface area contributed by atoms with Crippen LogP contribution in [0.25, 0.3) is 0 Å². The summed E-state index contributed by atoms with van der Waals surface area (Å²) in [4.78, 5) is 30.5. The van der Waals surface area contributed by atoms with Crippen LogP contribution in [0.3, 0.4) is 0 Å². The molecule has 2 N–H and O–H groups in total. The Kier molecular flexibility index (Phi) is 8.53. The molecule has 1 aliphatic rings. The summed E-state index contributed by atoms with van der Waals surface area (Å²) in [5.74, 6) is -1.28. The van der Waals surface area contributed by atoms with Crippen molar-refractivity contribution in [1.29, 1.82) is 0 Å². The lowest BCUT2D eigenvalue weighted by Crippen LogP contribution is -2.41. The van der Waals surface area contributed by atoms with Crippen LogP contribution in [0, 0.1) is 17.6 Å². The molecule has 0 atom stereocenters. The molecule has 0 radical (unpaired) electrons. The van der Waals surface area contributed by atoms with Gasteiger partial charge < -0.3 is 15.4 Å². The molecule has 1 fully saturated rings. The van der Waals surface area contributed by atoms with Crippen LogP contribution in [-0.4, -0.2) is 29.1 Å². The first kappa shape index (κ1) is 25.6. The molecule has 4 rings (SSSR count). The second kappa shape index (κ2) is 12.0.